The third-order valence-corrected chi connectivity index (χ3v) is 3.27. The molecule has 0 spiro atoms. The second-order valence-electron chi connectivity index (χ2n) is 4.84. The summed E-state index contributed by atoms with van der Waals surface area (Å²) in [6, 6.07) is 12.4. The number of nitrogens with one attached hydrogen (secondary N) is 1. The third kappa shape index (κ3) is 2.42. The molecule has 1 N–H and O–H groups in total. The van der Waals surface area contributed by atoms with Gasteiger partial charge in [-0.05, 0) is 31.0 Å². The van der Waals surface area contributed by atoms with Gasteiger partial charge in [-0.1, -0.05) is 31.2 Å². The minimum Gasteiger partial charge on any atom is -0.311 e. The molecule has 0 aliphatic heterocycles. The Hall–Kier alpha value is -2.20. The highest BCUT2D eigenvalue weighted by molar-refractivity contribution is 5.88. The van der Waals surface area contributed by atoms with Crippen molar-refractivity contribution in [1.29, 1.82) is 0 Å². The number of aromatic nitrogens is 3. The fraction of sp³-hybridized carbons (Fsp3) is 0.250. The summed E-state index contributed by atoms with van der Waals surface area (Å²) < 4.78 is 1.85. The van der Waals surface area contributed by atoms with Crippen molar-refractivity contribution >= 4 is 10.8 Å². The van der Waals surface area contributed by atoms with Crippen LogP contribution in [0.15, 0.2) is 42.6 Å². The summed E-state index contributed by atoms with van der Waals surface area (Å²) in [5.74, 6) is 0.893. The topological polar surface area (TPSA) is 42.7 Å². The molecule has 0 aliphatic rings. The van der Waals surface area contributed by atoms with Crippen LogP contribution in [0.3, 0.4) is 0 Å². The van der Waals surface area contributed by atoms with Crippen molar-refractivity contribution in [3.05, 3.63) is 54.0 Å². The van der Waals surface area contributed by atoms with Gasteiger partial charge in [0.1, 0.15) is 0 Å². The van der Waals surface area contributed by atoms with Gasteiger partial charge < -0.3 is 5.32 Å². The molecule has 0 saturated carbocycles. The van der Waals surface area contributed by atoms with Gasteiger partial charge in [-0.2, -0.15) is 5.10 Å². The predicted octanol–water partition coefficient (Wildman–Crippen LogP) is 2.84. The SMILES string of the molecule is CCNCc1cc2ccccc2c(-n2ccc(C)n2)n1. The third-order valence-electron chi connectivity index (χ3n) is 3.27. The van der Waals surface area contributed by atoms with Crippen molar-refractivity contribution in [3.8, 4) is 5.82 Å². The number of fused-ring (bicyclic) bond motifs is 1. The number of hydrogen-bond donors (Lipinski definition) is 1. The van der Waals surface area contributed by atoms with Crippen molar-refractivity contribution < 1.29 is 0 Å². The molecule has 3 rings (SSSR count). The summed E-state index contributed by atoms with van der Waals surface area (Å²) in [5.41, 5.74) is 2.03. The molecule has 20 heavy (non-hydrogen) atoms. The lowest BCUT2D eigenvalue weighted by molar-refractivity contribution is 0.706. The molecule has 4 heteroatoms. The zero-order chi connectivity index (χ0) is 13.9. The minimum absolute atomic E-state index is 0.772. The van der Waals surface area contributed by atoms with Crippen LogP contribution in [0.25, 0.3) is 16.6 Å². The van der Waals surface area contributed by atoms with Crippen molar-refractivity contribution in [2.45, 2.75) is 20.4 Å². The van der Waals surface area contributed by atoms with Gasteiger partial charge in [-0.25, -0.2) is 9.67 Å². The molecular weight excluding hydrogens is 248 g/mol. The average Bonchev–Trinajstić information content (AvgIpc) is 2.90. The Morgan fingerprint density at radius 3 is 2.80 bits per heavy atom. The maximum atomic E-state index is 4.76. The van der Waals surface area contributed by atoms with Crippen LogP contribution >= 0.6 is 0 Å². The number of rotatable bonds is 4. The largest absolute Gasteiger partial charge is 0.311 e. The van der Waals surface area contributed by atoms with Crippen molar-refractivity contribution in [3.63, 3.8) is 0 Å². The van der Waals surface area contributed by atoms with Gasteiger partial charge in [0.25, 0.3) is 0 Å². The first-order valence-corrected chi connectivity index (χ1v) is 6.90. The smallest absolute Gasteiger partial charge is 0.161 e. The van der Waals surface area contributed by atoms with Crippen LogP contribution in [0.1, 0.15) is 18.3 Å². The Balaban J connectivity index is 2.17. The fourth-order valence-electron chi connectivity index (χ4n) is 2.29. The molecule has 0 fully saturated rings. The molecule has 0 atom stereocenters. The van der Waals surface area contributed by atoms with E-state index in [1.54, 1.807) is 0 Å². The summed E-state index contributed by atoms with van der Waals surface area (Å²) in [5, 5.41) is 10.1. The lowest BCUT2D eigenvalue weighted by Gasteiger charge is -2.09. The van der Waals surface area contributed by atoms with E-state index in [9.17, 15) is 0 Å². The van der Waals surface area contributed by atoms with Crippen LogP contribution in [0, 0.1) is 6.92 Å². The molecule has 1 aromatic carbocycles. The number of hydrogen-bond acceptors (Lipinski definition) is 3. The highest BCUT2D eigenvalue weighted by atomic mass is 15.3. The van der Waals surface area contributed by atoms with Gasteiger partial charge in [-0.15, -0.1) is 0 Å². The van der Waals surface area contributed by atoms with Crippen LogP contribution in [-0.4, -0.2) is 21.3 Å². The lowest BCUT2D eigenvalue weighted by Crippen LogP contribution is -2.14. The molecule has 0 amide bonds. The minimum atomic E-state index is 0.772. The quantitative estimate of drug-likeness (QED) is 0.789. The monoisotopic (exact) mass is 266 g/mol. The molecule has 3 aromatic rings. The van der Waals surface area contributed by atoms with Crippen molar-refractivity contribution in [2.75, 3.05) is 6.54 Å². The van der Waals surface area contributed by atoms with E-state index in [0.717, 1.165) is 35.7 Å². The Bertz CT molecular complexity index is 730. The lowest BCUT2D eigenvalue weighted by atomic mass is 10.1. The molecule has 2 aromatic heterocycles. The Morgan fingerprint density at radius 1 is 1.20 bits per heavy atom. The zero-order valence-corrected chi connectivity index (χ0v) is 11.8. The second kappa shape index (κ2) is 5.43. The normalized spacial score (nSPS) is 11.1. The van der Waals surface area contributed by atoms with Gasteiger partial charge in [0, 0.05) is 18.1 Å². The highest BCUT2D eigenvalue weighted by Gasteiger charge is 2.08. The number of pyridine rings is 1. The fourth-order valence-corrected chi connectivity index (χ4v) is 2.29. The maximum Gasteiger partial charge on any atom is 0.161 e. The van der Waals surface area contributed by atoms with E-state index in [-0.39, 0.29) is 0 Å². The zero-order valence-electron chi connectivity index (χ0n) is 11.8. The number of nitrogens with zero attached hydrogens (tertiary/aromatic N) is 3. The van der Waals surface area contributed by atoms with Crippen LogP contribution < -0.4 is 5.32 Å². The average molecular weight is 266 g/mol. The van der Waals surface area contributed by atoms with Crippen LogP contribution in [0.2, 0.25) is 0 Å². The van der Waals surface area contributed by atoms with Crippen LogP contribution in [0.4, 0.5) is 0 Å². The van der Waals surface area contributed by atoms with Gasteiger partial charge >= 0.3 is 0 Å². The molecule has 102 valence electrons. The molecule has 4 nitrogen and oxygen atoms in total. The molecule has 0 bridgehead atoms. The van der Waals surface area contributed by atoms with E-state index in [1.165, 1.54) is 5.39 Å². The van der Waals surface area contributed by atoms with Crippen LogP contribution in [-0.2, 0) is 6.54 Å². The van der Waals surface area contributed by atoms with E-state index in [1.807, 2.05) is 29.9 Å². The Labute approximate surface area is 118 Å². The maximum absolute atomic E-state index is 4.76. The van der Waals surface area contributed by atoms with Crippen molar-refractivity contribution in [2.24, 2.45) is 0 Å². The Morgan fingerprint density at radius 2 is 2.05 bits per heavy atom. The summed E-state index contributed by atoms with van der Waals surface area (Å²) in [4.78, 5) is 4.76. The van der Waals surface area contributed by atoms with Crippen molar-refractivity contribution in [1.82, 2.24) is 20.1 Å². The van der Waals surface area contributed by atoms with Gasteiger partial charge in [0.2, 0.25) is 0 Å². The van der Waals surface area contributed by atoms with Gasteiger partial charge in [-0.3, -0.25) is 0 Å². The summed E-state index contributed by atoms with van der Waals surface area (Å²) >= 11 is 0. The first-order chi connectivity index (χ1) is 9.78. The first-order valence-electron chi connectivity index (χ1n) is 6.90. The molecule has 2 heterocycles. The van der Waals surface area contributed by atoms with E-state index in [0.29, 0.717) is 0 Å². The molecule has 0 saturated heterocycles. The Kier molecular flexibility index (Phi) is 3.48. The summed E-state index contributed by atoms with van der Waals surface area (Å²) in [6.45, 7) is 5.79. The second-order valence-corrected chi connectivity index (χ2v) is 4.84. The highest BCUT2D eigenvalue weighted by Crippen LogP contribution is 2.21. The first kappa shape index (κ1) is 12.8. The molecule has 0 radical (unpaired) electrons. The van der Waals surface area contributed by atoms with E-state index < -0.39 is 0 Å². The molecular formula is C16H18N4. The predicted molar refractivity (Wildman–Crippen MR) is 81.0 cm³/mol. The number of benzene rings is 1. The summed E-state index contributed by atoms with van der Waals surface area (Å²) in [7, 11) is 0. The van der Waals surface area contributed by atoms with E-state index in [4.69, 9.17) is 4.98 Å². The summed E-state index contributed by atoms with van der Waals surface area (Å²) in [6.07, 6.45) is 1.96. The van der Waals surface area contributed by atoms with Gasteiger partial charge in [0.15, 0.2) is 5.82 Å². The van der Waals surface area contributed by atoms with Gasteiger partial charge in [0.05, 0.1) is 11.4 Å². The van der Waals surface area contributed by atoms with E-state index >= 15 is 0 Å². The standard InChI is InChI=1S/C16H18N4/c1-3-17-11-14-10-13-6-4-5-7-15(13)16(18-14)20-9-8-12(2)19-20/h4-10,17H,3,11H2,1-2H3. The number of aryl methyl sites for hydroxylation is 1. The van der Waals surface area contributed by atoms with E-state index in [2.05, 4.69) is 41.6 Å². The molecule has 0 unspecified atom stereocenters. The molecule has 0 aliphatic carbocycles. The van der Waals surface area contributed by atoms with Crippen LogP contribution in [0.5, 0.6) is 0 Å².